The maximum Gasteiger partial charge on any atom is 0.190 e. The van der Waals surface area contributed by atoms with Crippen LogP contribution in [0.2, 0.25) is 0 Å². The fraction of sp³-hybridized carbons (Fsp3) is 0.412. The number of pyridine rings is 1. The van der Waals surface area contributed by atoms with Crippen LogP contribution in [-0.2, 0) is 17.8 Å². The summed E-state index contributed by atoms with van der Waals surface area (Å²) in [6.07, 6.45) is 7.14. The molecule has 124 valence electrons. The van der Waals surface area contributed by atoms with Gasteiger partial charge in [0, 0.05) is 39.1 Å². The predicted molar refractivity (Wildman–Crippen MR) is 90.3 cm³/mol. The van der Waals surface area contributed by atoms with Gasteiger partial charge in [0.15, 0.2) is 5.96 Å². The van der Waals surface area contributed by atoms with Gasteiger partial charge < -0.3 is 19.8 Å². The van der Waals surface area contributed by atoms with E-state index in [2.05, 4.69) is 26.7 Å². The Morgan fingerprint density at radius 1 is 1.26 bits per heavy atom. The van der Waals surface area contributed by atoms with Gasteiger partial charge in [-0.2, -0.15) is 0 Å². The van der Waals surface area contributed by atoms with Gasteiger partial charge in [-0.15, -0.1) is 0 Å². The highest BCUT2D eigenvalue weighted by atomic mass is 16.5. The highest BCUT2D eigenvalue weighted by Crippen LogP contribution is 2.01. The maximum absolute atomic E-state index is 5.53. The molecule has 0 amide bonds. The van der Waals surface area contributed by atoms with Gasteiger partial charge in [0.05, 0.1) is 6.26 Å². The standard InChI is InChI=1S/C17H24N4O2/c1-18-17(21-10-7-15-5-2-8-19-13-15)20-9-4-11-22-14-16-6-3-12-23-16/h2-3,5-6,8,12-13H,4,7,9-11,14H2,1H3,(H2,18,20,21). The Kier molecular flexibility index (Phi) is 7.69. The fourth-order valence-electron chi connectivity index (χ4n) is 2.04. The third kappa shape index (κ3) is 6.97. The summed E-state index contributed by atoms with van der Waals surface area (Å²) >= 11 is 0. The van der Waals surface area contributed by atoms with E-state index in [1.807, 2.05) is 24.4 Å². The van der Waals surface area contributed by atoms with Crippen LogP contribution in [0.3, 0.4) is 0 Å². The van der Waals surface area contributed by atoms with Crippen LogP contribution in [-0.4, -0.2) is 37.7 Å². The molecular formula is C17H24N4O2. The first-order valence-corrected chi connectivity index (χ1v) is 7.82. The Morgan fingerprint density at radius 3 is 2.91 bits per heavy atom. The molecule has 0 saturated heterocycles. The van der Waals surface area contributed by atoms with E-state index in [9.17, 15) is 0 Å². The quantitative estimate of drug-likeness (QED) is 0.420. The number of nitrogens with zero attached hydrogens (tertiary/aromatic N) is 2. The van der Waals surface area contributed by atoms with Gasteiger partial charge in [-0.1, -0.05) is 6.07 Å². The minimum atomic E-state index is 0.519. The molecule has 0 aromatic carbocycles. The minimum absolute atomic E-state index is 0.519. The molecule has 2 heterocycles. The Hall–Kier alpha value is -2.34. The predicted octanol–water partition coefficient (Wildman–Crippen LogP) is 1.99. The van der Waals surface area contributed by atoms with Gasteiger partial charge in [0.2, 0.25) is 0 Å². The van der Waals surface area contributed by atoms with Gasteiger partial charge in [-0.25, -0.2) is 0 Å². The lowest BCUT2D eigenvalue weighted by atomic mass is 10.2. The first kappa shape index (κ1) is 17.0. The number of hydrogen-bond donors (Lipinski definition) is 2. The fourth-order valence-corrected chi connectivity index (χ4v) is 2.04. The first-order valence-electron chi connectivity index (χ1n) is 7.82. The minimum Gasteiger partial charge on any atom is -0.467 e. The summed E-state index contributed by atoms with van der Waals surface area (Å²) in [7, 11) is 1.77. The zero-order chi connectivity index (χ0) is 16.2. The van der Waals surface area contributed by atoms with Crippen LogP contribution in [0.4, 0.5) is 0 Å². The van der Waals surface area contributed by atoms with Gasteiger partial charge in [0.25, 0.3) is 0 Å². The monoisotopic (exact) mass is 316 g/mol. The smallest absolute Gasteiger partial charge is 0.190 e. The number of furan rings is 1. The molecule has 0 atom stereocenters. The zero-order valence-corrected chi connectivity index (χ0v) is 13.5. The summed E-state index contributed by atoms with van der Waals surface area (Å²) < 4.78 is 10.7. The molecule has 0 aliphatic carbocycles. The summed E-state index contributed by atoms with van der Waals surface area (Å²) in [5.74, 6) is 1.66. The average Bonchev–Trinajstić information content (AvgIpc) is 3.10. The van der Waals surface area contributed by atoms with Crippen LogP contribution in [0.1, 0.15) is 17.7 Å². The lowest BCUT2D eigenvalue weighted by Crippen LogP contribution is -2.39. The molecule has 0 fully saturated rings. The van der Waals surface area contributed by atoms with E-state index in [1.165, 1.54) is 5.56 Å². The second kappa shape index (κ2) is 10.4. The average molecular weight is 316 g/mol. The highest BCUT2D eigenvalue weighted by molar-refractivity contribution is 5.79. The number of rotatable bonds is 9. The van der Waals surface area contributed by atoms with Crippen molar-refractivity contribution in [2.75, 3.05) is 26.7 Å². The lowest BCUT2D eigenvalue weighted by Gasteiger charge is -2.11. The molecule has 0 spiro atoms. The highest BCUT2D eigenvalue weighted by Gasteiger charge is 1.99. The van der Waals surface area contributed by atoms with Gasteiger partial charge in [-0.05, 0) is 36.6 Å². The van der Waals surface area contributed by atoms with Crippen LogP contribution in [0.5, 0.6) is 0 Å². The molecule has 0 bridgehead atoms. The molecule has 6 heteroatoms. The number of aromatic nitrogens is 1. The third-order valence-electron chi connectivity index (χ3n) is 3.23. The molecular weight excluding hydrogens is 292 g/mol. The molecule has 2 rings (SSSR count). The molecule has 23 heavy (non-hydrogen) atoms. The van der Waals surface area contributed by atoms with E-state index in [4.69, 9.17) is 9.15 Å². The van der Waals surface area contributed by atoms with Crippen molar-refractivity contribution in [1.29, 1.82) is 0 Å². The SMILES string of the molecule is CN=C(NCCCOCc1ccco1)NCCc1cccnc1. The Labute approximate surface area is 137 Å². The number of nitrogens with one attached hydrogen (secondary N) is 2. The number of guanidine groups is 1. The molecule has 2 N–H and O–H groups in total. The molecule has 0 aliphatic heterocycles. The molecule has 2 aromatic rings. The summed E-state index contributed by atoms with van der Waals surface area (Å²) in [6, 6.07) is 7.79. The molecule has 0 unspecified atom stereocenters. The van der Waals surface area contributed by atoms with E-state index < -0.39 is 0 Å². The van der Waals surface area contributed by atoms with Gasteiger partial charge in [0.1, 0.15) is 12.4 Å². The van der Waals surface area contributed by atoms with Crippen molar-refractivity contribution in [3.8, 4) is 0 Å². The molecule has 0 aliphatic rings. The second-order valence-electron chi connectivity index (χ2n) is 5.02. The number of ether oxygens (including phenoxy) is 1. The van der Waals surface area contributed by atoms with Crippen molar-refractivity contribution in [2.24, 2.45) is 4.99 Å². The van der Waals surface area contributed by atoms with E-state index in [0.717, 1.165) is 37.7 Å². The lowest BCUT2D eigenvalue weighted by molar-refractivity contribution is 0.105. The molecule has 0 radical (unpaired) electrons. The first-order chi connectivity index (χ1) is 11.4. The summed E-state index contributed by atoms with van der Waals surface area (Å²) in [6.45, 7) is 2.83. The molecule has 6 nitrogen and oxygen atoms in total. The van der Waals surface area contributed by atoms with Crippen LogP contribution < -0.4 is 10.6 Å². The third-order valence-corrected chi connectivity index (χ3v) is 3.23. The largest absolute Gasteiger partial charge is 0.467 e. The summed E-state index contributed by atoms with van der Waals surface area (Å²) in [4.78, 5) is 8.31. The zero-order valence-electron chi connectivity index (χ0n) is 13.5. The Morgan fingerprint density at radius 2 is 2.17 bits per heavy atom. The van der Waals surface area contributed by atoms with Crippen molar-refractivity contribution in [1.82, 2.24) is 15.6 Å². The Balaban J connectivity index is 1.51. The summed E-state index contributed by atoms with van der Waals surface area (Å²) in [5.41, 5.74) is 1.21. The van der Waals surface area contributed by atoms with Crippen molar-refractivity contribution in [3.05, 3.63) is 54.2 Å². The topological polar surface area (TPSA) is 71.7 Å². The van der Waals surface area contributed by atoms with Crippen molar-refractivity contribution >= 4 is 5.96 Å². The number of aliphatic imine (C=N–C) groups is 1. The maximum atomic E-state index is 5.53. The second-order valence-corrected chi connectivity index (χ2v) is 5.02. The van der Waals surface area contributed by atoms with Crippen molar-refractivity contribution < 1.29 is 9.15 Å². The van der Waals surface area contributed by atoms with Crippen LogP contribution in [0.25, 0.3) is 0 Å². The summed E-state index contributed by atoms with van der Waals surface area (Å²) in [5, 5.41) is 6.56. The van der Waals surface area contributed by atoms with E-state index >= 15 is 0 Å². The van der Waals surface area contributed by atoms with Gasteiger partial charge in [-0.3, -0.25) is 9.98 Å². The van der Waals surface area contributed by atoms with Crippen molar-refractivity contribution in [2.45, 2.75) is 19.4 Å². The molecule has 0 saturated carbocycles. The van der Waals surface area contributed by atoms with E-state index in [-0.39, 0.29) is 0 Å². The van der Waals surface area contributed by atoms with Crippen LogP contribution >= 0.6 is 0 Å². The van der Waals surface area contributed by atoms with E-state index in [0.29, 0.717) is 13.2 Å². The molecule has 2 aromatic heterocycles. The van der Waals surface area contributed by atoms with Crippen LogP contribution in [0.15, 0.2) is 52.3 Å². The Bertz CT molecular complexity index is 555. The van der Waals surface area contributed by atoms with Gasteiger partial charge >= 0.3 is 0 Å². The normalized spacial score (nSPS) is 11.4. The van der Waals surface area contributed by atoms with Crippen molar-refractivity contribution in [3.63, 3.8) is 0 Å². The number of hydrogen-bond acceptors (Lipinski definition) is 4. The van der Waals surface area contributed by atoms with Crippen LogP contribution in [0, 0.1) is 0 Å². The van der Waals surface area contributed by atoms with E-state index in [1.54, 1.807) is 19.5 Å².